The highest BCUT2D eigenvalue weighted by Gasteiger charge is 2.23. The minimum absolute atomic E-state index is 0.211. The van der Waals surface area contributed by atoms with Gasteiger partial charge in [0.25, 0.3) is 11.6 Å². The Kier molecular flexibility index (Phi) is 7.31. The van der Waals surface area contributed by atoms with Crippen molar-refractivity contribution >= 4 is 29.4 Å². The molecule has 0 bridgehead atoms. The molecular formula is C23H20N4O8. The first kappa shape index (κ1) is 24.7. The van der Waals surface area contributed by atoms with E-state index in [1.54, 1.807) is 30.5 Å². The average molecular weight is 480 g/mol. The summed E-state index contributed by atoms with van der Waals surface area (Å²) in [6.07, 6.45) is 1.50. The summed E-state index contributed by atoms with van der Waals surface area (Å²) in [5.41, 5.74) is 0.590. The molecule has 2 heterocycles. The monoisotopic (exact) mass is 480 g/mol. The van der Waals surface area contributed by atoms with E-state index in [0.717, 1.165) is 31.0 Å². The van der Waals surface area contributed by atoms with Crippen molar-refractivity contribution in [1.29, 1.82) is 5.26 Å². The van der Waals surface area contributed by atoms with E-state index in [2.05, 4.69) is 16.1 Å². The summed E-state index contributed by atoms with van der Waals surface area (Å²) in [5, 5.41) is 23.3. The third kappa shape index (κ3) is 5.36. The van der Waals surface area contributed by atoms with Gasteiger partial charge in [-0.1, -0.05) is 0 Å². The van der Waals surface area contributed by atoms with Gasteiger partial charge in [-0.25, -0.2) is 9.59 Å². The van der Waals surface area contributed by atoms with Crippen LogP contribution in [0.1, 0.15) is 43.3 Å². The Morgan fingerprint density at radius 2 is 1.89 bits per heavy atom. The van der Waals surface area contributed by atoms with Crippen LogP contribution in [0.4, 0.5) is 11.5 Å². The van der Waals surface area contributed by atoms with E-state index in [4.69, 9.17) is 9.15 Å². The predicted octanol–water partition coefficient (Wildman–Crippen LogP) is 3.11. The van der Waals surface area contributed by atoms with Crippen LogP contribution in [0, 0.1) is 35.3 Å². The van der Waals surface area contributed by atoms with Crippen molar-refractivity contribution in [2.24, 2.45) is 0 Å². The first-order valence-electron chi connectivity index (χ1n) is 10.1. The number of carbonyl (C=O) groups excluding carboxylic acids is 3. The summed E-state index contributed by atoms with van der Waals surface area (Å²) in [6, 6.07) is 8.45. The van der Waals surface area contributed by atoms with Crippen molar-refractivity contribution in [3.8, 4) is 6.07 Å². The molecule has 0 aliphatic carbocycles. The lowest BCUT2D eigenvalue weighted by atomic mass is 10.1. The molecule has 0 aliphatic heterocycles. The largest absolute Gasteiger partial charge is 0.467 e. The Labute approximate surface area is 198 Å². The number of anilines is 1. The Balaban J connectivity index is 1.78. The molecule has 0 fully saturated rings. The summed E-state index contributed by atoms with van der Waals surface area (Å²) in [4.78, 5) is 47.2. The summed E-state index contributed by atoms with van der Waals surface area (Å²) >= 11 is 0. The van der Waals surface area contributed by atoms with Gasteiger partial charge in [0.2, 0.25) is 0 Å². The molecule has 12 heteroatoms. The van der Waals surface area contributed by atoms with Crippen LogP contribution in [0.25, 0.3) is 0 Å². The SMILES string of the molecule is COC(=O)c1cc(C(=O)OCC(=O)Nc2c(C#N)c(C)c(C)n2Cc2ccco2)cc([N+](=O)[O-])c1. The van der Waals surface area contributed by atoms with Crippen molar-refractivity contribution in [3.05, 3.63) is 80.4 Å². The second-order valence-corrected chi connectivity index (χ2v) is 7.35. The fraction of sp³-hybridized carbons (Fsp3) is 0.217. The number of carbonyl (C=O) groups is 3. The van der Waals surface area contributed by atoms with Crippen LogP contribution in [0.15, 0.2) is 41.0 Å². The molecule has 35 heavy (non-hydrogen) atoms. The van der Waals surface area contributed by atoms with E-state index >= 15 is 0 Å². The number of nitrogens with zero attached hydrogens (tertiary/aromatic N) is 3. The Morgan fingerprint density at radius 1 is 1.20 bits per heavy atom. The number of hydrogen-bond acceptors (Lipinski definition) is 9. The number of hydrogen-bond donors (Lipinski definition) is 1. The molecule has 1 aromatic carbocycles. The van der Waals surface area contributed by atoms with Gasteiger partial charge in [-0.15, -0.1) is 0 Å². The molecule has 12 nitrogen and oxygen atoms in total. The highest BCUT2D eigenvalue weighted by molar-refractivity contribution is 5.98. The summed E-state index contributed by atoms with van der Waals surface area (Å²) in [7, 11) is 1.09. The molecule has 1 amide bonds. The standard InChI is InChI=1S/C23H20N4O8/c1-13-14(2)26(11-18-5-4-6-34-18)21(19(13)10-24)25-20(28)12-35-23(30)16-7-15(22(29)33-3)8-17(9-16)27(31)32/h4-9H,11-12H2,1-3H3,(H,25,28). The molecular weight excluding hydrogens is 460 g/mol. The number of nitro benzene ring substituents is 1. The molecule has 0 spiro atoms. The molecule has 3 rings (SSSR count). The van der Waals surface area contributed by atoms with E-state index in [1.165, 1.54) is 6.26 Å². The fourth-order valence-corrected chi connectivity index (χ4v) is 3.34. The lowest BCUT2D eigenvalue weighted by Gasteiger charge is -2.12. The Morgan fingerprint density at radius 3 is 2.46 bits per heavy atom. The van der Waals surface area contributed by atoms with Crippen molar-refractivity contribution < 1.29 is 33.2 Å². The van der Waals surface area contributed by atoms with Crippen molar-refractivity contribution in [1.82, 2.24) is 4.57 Å². The molecule has 3 aromatic rings. The minimum atomic E-state index is -1.06. The Bertz CT molecular complexity index is 1350. The number of benzene rings is 1. The Hall–Kier alpha value is -4.92. The van der Waals surface area contributed by atoms with Gasteiger partial charge >= 0.3 is 11.9 Å². The normalized spacial score (nSPS) is 10.3. The number of nitrogens with one attached hydrogen (secondary N) is 1. The molecule has 0 saturated heterocycles. The van der Waals surface area contributed by atoms with Crippen molar-refractivity contribution in [2.75, 3.05) is 19.0 Å². The van der Waals surface area contributed by atoms with E-state index < -0.39 is 35.1 Å². The number of esters is 2. The second kappa shape index (κ2) is 10.3. The first-order chi connectivity index (χ1) is 16.7. The van der Waals surface area contributed by atoms with Gasteiger partial charge in [0.05, 0.1) is 41.5 Å². The number of nitriles is 1. The third-order valence-electron chi connectivity index (χ3n) is 5.21. The smallest absolute Gasteiger partial charge is 0.338 e. The highest BCUT2D eigenvalue weighted by Crippen LogP contribution is 2.27. The fourth-order valence-electron chi connectivity index (χ4n) is 3.34. The molecule has 180 valence electrons. The van der Waals surface area contributed by atoms with E-state index in [9.17, 15) is 29.8 Å². The second-order valence-electron chi connectivity index (χ2n) is 7.35. The van der Waals surface area contributed by atoms with E-state index in [1.807, 2.05) is 0 Å². The summed E-state index contributed by atoms with van der Waals surface area (Å²) in [5.74, 6) is -1.88. The molecule has 0 atom stereocenters. The predicted molar refractivity (Wildman–Crippen MR) is 120 cm³/mol. The van der Waals surface area contributed by atoms with Gasteiger partial charge in [-0.3, -0.25) is 14.9 Å². The zero-order valence-corrected chi connectivity index (χ0v) is 19.0. The third-order valence-corrected chi connectivity index (χ3v) is 5.21. The van der Waals surface area contributed by atoms with Gasteiger partial charge < -0.3 is 23.8 Å². The molecule has 0 radical (unpaired) electrons. The first-order valence-corrected chi connectivity index (χ1v) is 10.1. The van der Waals surface area contributed by atoms with Crippen LogP contribution in [-0.4, -0.2) is 41.1 Å². The summed E-state index contributed by atoms with van der Waals surface area (Å²) in [6.45, 7) is 3.03. The van der Waals surface area contributed by atoms with Gasteiger partial charge in [-0.2, -0.15) is 5.26 Å². The van der Waals surface area contributed by atoms with E-state index in [0.29, 0.717) is 11.3 Å². The van der Waals surface area contributed by atoms with Gasteiger partial charge in [0.15, 0.2) is 6.61 Å². The summed E-state index contributed by atoms with van der Waals surface area (Å²) < 4.78 is 16.6. The van der Waals surface area contributed by atoms with Crippen molar-refractivity contribution in [3.63, 3.8) is 0 Å². The quantitative estimate of drug-likeness (QED) is 0.289. The van der Waals surface area contributed by atoms with Crippen LogP contribution in [-0.2, 0) is 20.8 Å². The molecule has 2 aromatic heterocycles. The van der Waals surface area contributed by atoms with Crippen LogP contribution >= 0.6 is 0 Å². The van der Waals surface area contributed by atoms with Crippen molar-refractivity contribution in [2.45, 2.75) is 20.4 Å². The highest BCUT2D eigenvalue weighted by atomic mass is 16.6. The van der Waals surface area contributed by atoms with Crippen LogP contribution in [0.3, 0.4) is 0 Å². The maximum Gasteiger partial charge on any atom is 0.338 e. The number of aromatic nitrogens is 1. The molecule has 1 N–H and O–H groups in total. The number of methoxy groups -OCH3 is 1. The number of rotatable bonds is 8. The molecule has 0 saturated carbocycles. The number of non-ortho nitro benzene ring substituents is 1. The minimum Gasteiger partial charge on any atom is -0.467 e. The molecule has 0 unspecified atom stereocenters. The van der Waals surface area contributed by atoms with Gasteiger partial charge in [0.1, 0.15) is 17.6 Å². The van der Waals surface area contributed by atoms with E-state index in [-0.39, 0.29) is 29.1 Å². The number of nitro groups is 1. The number of furan rings is 1. The number of amides is 1. The zero-order valence-electron chi connectivity index (χ0n) is 19.0. The average Bonchev–Trinajstić information content (AvgIpc) is 3.44. The zero-order chi connectivity index (χ0) is 25.7. The van der Waals surface area contributed by atoms with Crippen LogP contribution in [0.5, 0.6) is 0 Å². The van der Waals surface area contributed by atoms with Gasteiger partial charge in [-0.05, 0) is 37.6 Å². The molecule has 0 aliphatic rings. The van der Waals surface area contributed by atoms with Crippen LogP contribution < -0.4 is 5.32 Å². The lowest BCUT2D eigenvalue weighted by Crippen LogP contribution is -2.23. The van der Waals surface area contributed by atoms with Crippen LogP contribution in [0.2, 0.25) is 0 Å². The number of ether oxygens (including phenoxy) is 2. The lowest BCUT2D eigenvalue weighted by molar-refractivity contribution is -0.384. The maximum atomic E-state index is 12.6. The topological polar surface area (TPSA) is 167 Å². The van der Waals surface area contributed by atoms with Gasteiger partial charge in [0, 0.05) is 17.8 Å². The maximum absolute atomic E-state index is 12.6.